The van der Waals surface area contributed by atoms with Gasteiger partial charge in [0.2, 0.25) is 0 Å². The van der Waals surface area contributed by atoms with E-state index in [9.17, 15) is 9.59 Å². The van der Waals surface area contributed by atoms with Crippen LogP contribution in [0.15, 0.2) is 66.9 Å². The number of amides is 3. The predicted octanol–water partition coefficient (Wildman–Crippen LogP) is 4.76. The van der Waals surface area contributed by atoms with Gasteiger partial charge in [-0.2, -0.15) is 0 Å². The van der Waals surface area contributed by atoms with Crippen molar-refractivity contribution in [3.8, 4) is 0 Å². The maximum Gasteiger partial charge on any atom is 0.322 e. The van der Waals surface area contributed by atoms with E-state index in [0.717, 1.165) is 68.9 Å². The van der Waals surface area contributed by atoms with Crippen molar-refractivity contribution in [3.05, 3.63) is 83.7 Å². The smallest absolute Gasteiger partial charge is 0.322 e. The van der Waals surface area contributed by atoms with Crippen molar-refractivity contribution in [3.63, 3.8) is 0 Å². The summed E-state index contributed by atoms with van der Waals surface area (Å²) in [5.41, 5.74) is 9.93. The number of nitrogens with two attached hydrogens (primary N) is 1. The van der Waals surface area contributed by atoms with Crippen LogP contribution in [0.2, 0.25) is 0 Å². The van der Waals surface area contributed by atoms with Crippen LogP contribution in [0.4, 0.5) is 21.9 Å². The Morgan fingerprint density at radius 3 is 2.56 bits per heavy atom. The monoisotopic (exact) mass is 530 g/mol. The first-order valence-electron chi connectivity index (χ1n) is 13.5. The van der Waals surface area contributed by atoms with Gasteiger partial charge in [0.05, 0.1) is 24.6 Å². The number of nitrogens with one attached hydrogen (secondary N) is 2. The predicted molar refractivity (Wildman–Crippen MR) is 155 cm³/mol. The molecule has 1 aromatic heterocycles. The number of aromatic nitrogens is 1. The topological polar surface area (TPSA) is 113 Å². The number of unbranched alkanes of at least 4 members (excludes halogenated alkanes) is 2. The number of aryl methyl sites for hydroxylation is 1. The number of carbonyl (C=O) groups is 2. The fraction of sp³-hybridized carbons (Fsp3) is 0.367. The summed E-state index contributed by atoms with van der Waals surface area (Å²) in [6, 6.07) is 18.2. The molecule has 1 saturated heterocycles. The molecular weight excluding hydrogens is 492 g/mol. The minimum atomic E-state index is -0.339. The highest BCUT2D eigenvalue weighted by Crippen LogP contribution is 2.18. The van der Waals surface area contributed by atoms with E-state index >= 15 is 0 Å². The molecule has 9 heteroatoms. The zero-order valence-electron chi connectivity index (χ0n) is 22.6. The van der Waals surface area contributed by atoms with Gasteiger partial charge in [-0.3, -0.25) is 14.7 Å². The molecule has 0 atom stereocenters. The molecule has 9 nitrogen and oxygen atoms in total. The third kappa shape index (κ3) is 8.80. The van der Waals surface area contributed by atoms with Crippen LogP contribution < -0.4 is 16.4 Å². The molecule has 0 spiro atoms. The van der Waals surface area contributed by atoms with Crippen LogP contribution in [0.25, 0.3) is 0 Å². The first-order valence-corrected chi connectivity index (χ1v) is 13.5. The summed E-state index contributed by atoms with van der Waals surface area (Å²) in [7, 11) is 0. The number of anilines is 3. The van der Waals surface area contributed by atoms with Crippen molar-refractivity contribution in [2.24, 2.45) is 0 Å². The lowest BCUT2D eigenvalue weighted by atomic mass is 10.2. The number of para-hydroxylation sites is 2. The van der Waals surface area contributed by atoms with Crippen molar-refractivity contribution >= 4 is 29.0 Å². The molecule has 3 amide bonds. The number of rotatable bonds is 11. The molecule has 0 bridgehead atoms. The van der Waals surface area contributed by atoms with Gasteiger partial charge in [0.1, 0.15) is 5.69 Å². The van der Waals surface area contributed by atoms with Crippen LogP contribution in [-0.4, -0.2) is 66.1 Å². The summed E-state index contributed by atoms with van der Waals surface area (Å²) in [4.78, 5) is 34.5. The van der Waals surface area contributed by atoms with Gasteiger partial charge in [-0.1, -0.05) is 36.8 Å². The number of ether oxygens (including phenoxy) is 1. The van der Waals surface area contributed by atoms with Gasteiger partial charge in [-0.25, -0.2) is 4.79 Å². The third-order valence-corrected chi connectivity index (χ3v) is 6.70. The number of nitrogens with zero attached hydrogens (tertiary/aromatic N) is 3. The number of pyridine rings is 1. The number of morpholine rings is 1. The quantitative estimate of drug-likeness (QED) is 0.243. The Kier molecular flexibility index (Phi) is 10.3. The molecule has 1 aliphatic heterocycles. The highest BCUT2D eigenvalue weighted by atomic mass is 16.5. The van der Waals surface area contributed by atoms with E-state index in [4.69, 9.17) is 10.5 Å². The van der Waals surface area contributed by atoms with Gasteiger partial charge in [-0.05, 0) is 67.8 Å². The zero-order chi connectivity index (χ0) is 27.5. The maximum absolute atomic E-state index is 13.2. The Labute approximate surface area is 230 Å². The largest absolute Gasteiger partial charge is 0.397 e. The summed E-state index contributed by atoms with van der Waals surface area (Å²) in [6.07, 6.45) is 4.67. The van der Waals surface area contributed by atoms with E-state index in [-0.39, 0.29) is 17.6 Å². The number of urea groups is 1. The minimum absolute atomic E-state index is 0.157. The maximum atomic E-state index is 13.2. The molecule has 4 N–H and O–H groups in total. The Morgan fingerprint density at radius 2 is 1.82 bits per heavy atom. The fourth-order valence-corrected chi connectivity index (χ4v) is 4.49. The molecule has 2 aromatic carbocycles. The molecule has 4 rings (SSSR count). The van der Waals surface area contributed by atoms with Gasteiger partial charge < -0.3 is 26.0 Å². The van der Waals surface area contributed by atoms with Crippen molar-refractivity contribution in [2.75, 3.05) is 55.8 Å². The van der Waals surface area contributed by atoms with Crippen LogP contribution in [-0.2, 0) is 11.3 Å². The summed E-state index contributed by atoms with van der Waals surface area (Å²) in [5.74, 6) is -0.339. The molecule has 0 aliphatic carbocycles. The molecule has 2 heterocycles. The normalized spacial score (nSPS) is 13.6. The van der Waals surface area contributed by atoms with Crippen molar-refractivity contribution in [1.82, 2.24) is 14.8 Å². The average Bonchev–Trinajstić information content (AvgIpc) is 2.94. The molecule has 3 aromatic rings. The highest BCUT2D eigenvalue weighted by Gasteiger charge is 2.16. The second kappa shape index (κ2) is 14.3. The number of benzene rings is 2. The third-order valence-electron chi connectivity index (χ3n) is 6.70. The minimum Gasteiger partial charge on any atom is -0.397 e. The van der Waals surface area contributed by atoms with E-state index in [1.54, 1.807) is 29.3 Å². The molecule has 0 saturated carbocycles. The van der Waals surface area contributed by atoms with Crippen LogP contribution in [0.5, 0.6) is 0 Å². The zero-order valence-corrected chi connectivity index (χ0v) is 22.6. The van der Waals surface area contributed by atoms with Gasteiger partial charge in [-0.15, -0.1) is 0 Å². The number of nitrogen functional groups attached to an aromatic ring is 1. The van der Waals surface area contributed by atoms with E-state index in [2.05, 4.69) is 20.5 Å². The Hall–Kier alpha value is -3.95. The average molecular weight is 531 g/mol. The van der Waals surface area contributed by atoms with Crippen molar-refractivity contribution in [2.45, 2.75) is 32.7 Å². The first kappa shape index (κ1) is 28.1. The van der Waals surface area contributed by atoms with Crippen LogP contribution in [0.3, 0.4) is 0 Å². The lowest BCUT2D eigenvalue weighted by Gasteiger charge is -2.27. The Morgan fingerprint density at radius 1 is 1.00 bits per heavy atom. The number of hydrogen-bond acceptors (Lipinski definition) is 6. The molecular formula is C30H38N6O3. The van der Waals surface area contributed by atoms with Crippen LogP contribution in [0.1, 0.15) is 40.9 Å². The SMILES string of the molecule is Cc1cccc(NC(=O)N(CCCCCN2CCOCC2)Cc2ccc(C(=O)Nc3ccccc3N)nc2)c1. The molecule has 1 fully saturated rings. The highest BCUT2D eigenvalue weighted by molar-refractivity contribution is 6.04. The molecule has 0 unspecified atom stereocenters. The van der Waals surface area contributed by atoms with Gasteiger partial charge in [0.15, 0.2) is 0 Å². The summed E-state index contributed by atoms with van der Waals surface area (Å²) < 4.78 is 5.42. The molecule has 39 heavy (non-hydrogen) atoms. The lowest BCUT2D eigenvalue weighted by Crippen LogP contribution is -2.37. The van der Waals surface area contributed by atoms with Crippen molar-refractivity contribution in [1.29, 1.82) is 0 Å². The van der Waals surface area contributed by atoms with Gasteiger partial charge in [0.25, 0.3) is 5.91 Å². The fourth-order valence-electron chi connectivity index (χ4n) is 4.49. The van der Waals surface area contributed by atoms with E-state index in [0.29, 0.717) is 24.5 Å². The summed E-state index contributed by atoms with van der Waals surface area (Å²) >= 11 is 0. The first-order chi connectivity index (χ1) is 19.0. The van der Waals surface area contributed by atoms with Crippen LogP contribution in [0, 0.1) is 6.92 Å². The van der Waals surface area contributed by atoms with E-state index in [1.165, 1.54) is 0 Å². The molecule has 1 aliphatic rings. The molecule has 206 valence electrons. The summed E-state index contributed by atoms with van der Waals surface area (Å²) in [5, 5.41) is 5.82. The Bertz CT molecular complexity index is 1230. The van der Waals surface area contributed by atoms with E-state index in [1.807, 2.05) is 49.4 Å². The van der Waals surface area contributed by atoms with Gasteiger partial charge in [0, 0.05) is 38.1 Å². The number of carbonyl (C=O) groups excluding carboxylic acids is 2. The van der Waals surface area contributed by atoms with Crippen molar-refractivity contribution < 1.29 is 14.3 Å². The van der Waals surface area contributed by atoms with E-state index < -0.39 is 0 Å². The second-order valence-electron chi connectivity index (χ2n) is 9.83. The standard InChI is InChI=1S/C30H38N6O3/c1-23-8-7-9-25(20-23)33-30(38)36(15-6-2-5-14-35-16-18-39-19-17-35)22-24-12-13-28(32-21-24)29(37)34-27-11-4-3-10-26(27)31/h3-4,7-13,20-21H,2,5-6,14-19,22,31H2,1H3,(H,33,38)(H,34,37). The second-order valence-corrected chi connectivity index (χ2v) is 9.83. The van der Waals surface area contributed by atoms with Crippen LogP contribution >= 0.6 is 0 Å². The number of hydrogen-bond donors (Lipinski definition) is 3. The Balaban J connectivity index is 1.35. The molecule has 0 radical (unpaired) electrons. The summed E-state index contributed by atoms with van der Waals surface area (Å²) in [6.45, 7) is 7.66. The van der Waals surface area contributed by atoms with Gasteiger partial charge >= 0.3 is 6.03 Å². The lowest BCUT2D eigenvalue weighted by molar-refractivity contribution is 0.0371.